The molecular weight excluding hydrogens is 372 g/mol. The van der Waals surface area contributed by atoms with Gasteiger partial charge in [0, 0.05) is 25.1 Å². The van der Waals surface area contributed by atoms with Gasteiger partial charge in [-0.1, -0.05) is 13.8 Å². The van der Waals surface area contributed by atoms with Gasteiger partial charge in [0.05, 0.1) is 13.1 Å². The molecule has 1 aliphatic rings. The molecule has 11 nitrogen and oxygen atoms in total. The Morgan fingerprint density at radius 1 is 0.964 bits per heavy atom. The summed E-state index contributed by atoms with van der Waals surface area (Å²) in [6.45, 7) is 2.60. The summed E-state index contributed by atoms with van der Waals surface area (Å²) in [6, 6.07) is -1.06. The maximum absolute atomic E-state index is 11.7. The first-order chi connectivity index (χ1) is 13.1. The molecule has 4 N–H and O–H groups in total. The van der Waals surface area contributed by atoms with Crippen molar-refractivity contribution in [3.05, 3.63) is 12.2 Å². The minimum absolute atomic E-state index is 0.0134. The predicted molar refractivity (Wildman–Crippen MR) is 95.5 cm³/mol. The van der Waals surface area contributed by atoms with Crippen LogP contribution in [0.5, 0.6) is 0 Å². The van der Waals surface area contributed by atoms with Gasteiger partial charge in [-0.15, -0.1) is 0 Å². The molecular formula is C17H24N4O7. The summed E-state index contributed by atoms with van der Waals surface area (Å²) in [6.07, 6.45) is 2.58. The predicted octanol–water partition coefficient (Wildman–Crippen LogP) is -1.85. The lowest BCUT2D eigenvalue weighted by molar-refractivity contribution is -0.143. The molecule has 0 unspecified atom stereocenters. The van der Waals surface area contributed by atoms with Crippen molar-refractivity contribution in [1.82, 2.24) is 20.9 Å². The van der Waals surface area contributed by atoms with Crippen LogP contribution in [0.4, 0.5) is 0 Å². The van der Waals surface area contributed by atoms with Crippen molar-refractivity contribution in [2.24, 2.45) is 5.92 Å². The van der Waals surface area contributed by atoms with Crippen LogP contribution in [0.2, 0.25) is 0 Å². The molecule has 0 aliphatic carbocycles. The Labute approximate surface area is 161 Å². The van der Waals surface area contributed by atoms with Crippen molar-refractivity contribution in [2.45, 2.75) is 32.7 Å². The van der Waals surface area contributed by atoms with Gasteiger partial charge in [0.1, 0.15) is 6.04 Å². The van der Waals surface area contributed by atoms with Crippen LogP contribution in [0.25, 0.3) is 0 Å². The molecule has 0 saturated heterocycles. The monoisotopic (exact) mass is 396 g/mol. The van der Waals surface area contributed by atoms with E-state index in [2.05, 4.69) is 16.0 Å². The first-order valence-electron chi connectivity index (χ1n) is 8.71. The van der Waals surface area contributed by atoms with Crippen LogP contribution in [0.15, 0.2) is 12.2 Å². The average Bonchev–Trinajstić information content (AvgIpc) is 2.94. The molecule has 0 spiro atoms. The average molecular weight is 396 g/mol. The molecule has 154 valence electrons. The SMILES string of the molecule is CC(C)[C@H](NC(=O)CNC(=O)CNC(=O)CCCN1C(=O)C=CC1=O)C(=O)O. The molecule has 11 heteroatoms. The van der Waals surface area contributed by atoms with Crippen molar-refractivity contribution >= 4 is 35.5 Å². The number of hydrogen-bond donors (Lipinski definition) is 4. The van der Waals surface area contributed by atoms with Gasteiger partial charge in [0.15, 0.2) is 0 Å². The number of carbonyl (C=O) groups excluding carboxylic acids is 5. The van der Waals surface area contributed by atoms with E-state index in [1.165, 1.54) is 0 Å². The number of carboxylic acid groups (broad SMARTS) is 1. The van der Waals surface area contributed by atoms with Gasteiger partial charge in [-0.05, 0) is 12.3 Å². The summed E-state index contributed by atoms with van der Waals surface area (Å²) in [5, 5.41) is 15.9. The van der Waals surface area contributed by atoms with Gasteiger partial charge in [0.2, 0.25) is 17.7 Å². The Kier molecular flexibility index (Phi) is 8.79. The fraction of sp³-hybridized carbons (Fsp3) is 0.529. The third-order valence-corrected chi connectivity index (χ3v) is 3.83. The lowest BCUT2D eigenvalue weighted by atomic mass is 10.1. The standard InChI is InChI=1S/C17H24N4O7/c1-10(2)16(17(27)28)20-13(24)9-19-12(23)8-18-11(22)4-3-7-21-14(25)5-6-15(21)26/h5-6,10,16H,3-4,7-9H2,1-2H3,(H,18,22)(H,19,23)(H,20,24)(H,27,28)/t16-/m0/s1. The fourth-order valence-electron chi connectivity index (χ4n) is 2.30. The summed E-state index contributed by atoms with van der Waals surface area (Å²) >= 11 is 0. The molecule has 1 aliphatic heterocycles. The van der Waals surface area contributed by atoms with Crippen molar-refractivity contribution in [3.8, 4) is 0 Å². The van der Waals surface area contributed by atoms with Crippen LogP contribution in [0.1, 0.15) is 26.7 Å². The normalized spacial score (nSPS) is 14.2. The zero-order valence-electron chi connectivity index (χ0n) is 15.7. The molecule has 0 bridgehead atoms. The Balaban J connectivity index is 2.20. The van der Waals surface area contributed by atoms with Gasteiger partial charge in [-0.3, -0.25) is 28.9 Å². The first kappa shape index (κ1) is 22.8. The highest BCUT2D eigenvalue weighted by Gasteiger charge is 2.24. The van der Waals surface area contributed by atoms with Gasteiger partial charge >= 0.3 is 5.97 Å². The number of carbonyl (C=O) groups is 6. The zero-order valence-corrected chi connectivity index (χ0v) is 15.7. The van der Waals surface area contributed by atoms with E-state index >= 15 is 0 Å². The van der Waals surface area contributed by atoms with Gasteiger partial charge < -0.3 is 21.1 Å². The van der Waals surface area contributed by atoms with Crippen LogP contribution in [0, 0.1) is 5.92 Å². The van der Waals surface area contributed by atoms with E-state index in [9.17, 15) is 28.8 Å². The van der Waals surface area contributed by atoms with E-state index in [1.54, 1.807) is 13.8 Å². The van der Waals surface area contributed by atoms with Gasteiger partial charge in [-0.2, -0.15) is 0 Å². The number of rotatable bonds is 11. The topological polar surface area (TPSA) is 162 Å². The second-order valence-electron chi connectivity index (χ2n) is 6.45. The van der Waals surface area contributed by atoms with E-state index in [1.807, 2.05) is 0 Å². The van der Waals surface area contributed by atoms with Crippen LogP contribution >= 0.6 is 0 Å². The Hall–Kier alpha value is -3.24. The summed E-state index contributed by atoms with van der Waals surface area (Å²) in [5.74, 6) is -4.06. The number of nitrogens with zero attached hydrogens (tertiary/aromatic N) is 1. The fourth-order valence-corrected chi connectivity index (χ4v) is 2.30. The minimum Gasteiger partial charge on any atom is -0.480 e. The lowest BCUT2D eigenvalue weighted by Gasteiger charge is -2.18. The number of imide groups is 1. The maximum atomic E-state index is 11.7. The second-order valence-corrected chi connectivity index (χ2v) is 6.45. The highest BCUT2D eigenvalue weighted by Crippen LogP contribution is 2.05. The molecule has 1 atom stereocenters. The van der Waals surface area contributed by atoms with E-state index < -0.39 is 48.1 Å². The molecule has 1 heterocycles. The molecule has 0 fully saturated rings. The summed E-state index contributed by atoms with van der Waals surface area (Å²) in [5.41, 5.74) is 0. The molecule has 0 aromatic heterocycles. The van der Waals surface area contributed by atoms with Crippen LogP contribution in [0.3, 0.4) is 0 Å². The van der Waals surface area contributed by atoms with Crippen LogP contribution in [-0.2, 0) is 28.8 Å². The quantitative estimate of drug-likeness (QED) is 0.298. The molecule has 1 rings (SSSR count). The third kappa shape index (κ3) is 7.56. The van der Waals surface area contributed by atoms with Crippen LogP contribution in [-0.4, -0.2) is 71.2 Å². The Morgan fingerprint density at radius 2 is 1.50 bits per heavy atom. The van der Waals surface area contributed by atoms with E-state index in [0.717, 1.165) is 17.1 Å². The number of amides is 5. The van der Waals surface area contributed by atoms with E-state index in [-0.39, 0.29) is 31.8 Å². The second kappa shape index (κ2) is 10.8. The van der Waals surface area contributed by atoms with Crippen molar-refractivity contribution < 1.29 is 33.9 Å². The number of aliphatic carboxylic acids is 1. The molecule has 5 amide bonds. The Bertz CT molecular complexity index is 669. The highest BCUT2D eigenvalue weighted by molar-refractivity contribution is 6.12. The molecule has 0 aromatic carbocycles. The summed E-state index contributed by atoms with van der Waals surface area (Å²) < 4.78 is 0. The number of nitrogens with one attached hydrogen (secondary N) is 3. The van der Waals surface area contributed by atoms with Crippen LogP contribution < -0.4 is 16.0 Å². The van der Waals surface area contributed by atoms with E-state index in [4.69, 9.17) is 5.11 Å². The molecule has 28 heavy (non-hydrogen) atoms. The highest BCUT2D eigenvalue weighted by atomic mass is 16.4. The maximum Gasteiger partial charge on any atom is 0.326 e. The van der Waals surface area contributed by atoms with E-state index in [0.29, 0.717) is 0 Å². The van der Waals surface area contributed by atoms with Crippen molar-refractivity contribution in [1.29, 1.82) is 0 Å². The smallest absolute Gasteiger partial charge is 0.326 e. The number of hydrogen-bond acceptors (Lipinski definition) is 6. The minimum atomic E-state index is -1.17. The first-order valence-corrected chi connectivity index (χ1v) is 8.71. The number of carboxylic acids is 1. The zero-order chi connectivity index (χ0) is 21.3. The largest absolute Gasteiger partial charge is 0.480 e. The lowest BCUT2D eigenvalue weighted by Crippen LogP contribution is -2.49. The van der Waals surface area contributed by atoms with Crippen molar-refractivity contribution in [2.75, 3.05) is 19.6 Å². The van der Waals surface area contributed by atoms with Crippen molar-refractivity contribution in [3.63, 3.8) is 0 Å². The molecule has 0 radical (unpaired) electrons. The van der Waals surface area contributed by atoms with Gasteiger partial charge in [0.25, 0.3) is 11.8 Å². The van der Waals surface area contributed by atoms with Gasteiger partial charge in [-0.25, -0.2) is 4.79 Å². The molecule has 0 saturated carbocycles. The Morgan fingerprint density at radius 3 is 2.04 bits per heavy atom. The molecule has 0 aromatic rings. The summed E-state index contributed by atoms with van der Waals surface area (Å²) in [4.78, 5) is 69.7. The summed E-state index contributed by atoms with van der Waals surface area (Å²) in [7, 11) is 0. The third-order valence-electron chi connectivity index (χ3n) is 3.83.